The van der Waals surface area contributed by atoms with Crippen molar-refractivity contribution in [2.24, 2.45) is 17.6 Å². The van der Waals surface area contributed by atoms with Crippen LogP contribution in [0.25, 0.3) is 11.3 Å². The molecule has 0 aliphatic heterocycles. The number of ketones is 2. The third-order valence-corrected chi connectivity index (χ3v) is 6.61. The lowest BCUT2D eigenvalue weighted by Crippen LogP contribution is -2.70. The van der Waals surface area contributed by atoms with Crippen LogP contribution in [0.5, 0.6) is 5.75 Å². The first-order valence-corrected chi connectivity index (χ1v) is 9.71. The SMILES string of the molecule is C=C1c2cccc(O)c2C(O)=C2C(=O)[C@]3(O)C(O)=C(C(N)=O)C(=O)[C@H](N(C)C)[C@@H]3[C@H](O)[C@H]12.Cl. The summed E-state index contributed by atoms with van der Waals surface area (Å²) in [5.41, 5.74) is 1.16. The van der Waals surface area contributed by atoms with Gasteiger partial charge in [-0.15, -0.1) is 12.4 Å². The highest BCUT2D eigenvalue weighted by Gasteiger charge is 2.68. The second-order valence-electron chi connectivity index (χ2n) is 8.44. The van der Waals surface area contributed by atoms with Crippen molar-refractivity contribution in [3.63, 3.8) is 0 Å². The van der Waals surface area contributed by atoms with Gasteiger partial charge in [0.2, 0.25) is 5.78 Å². The summed E-state index contributed by atoms with van der Waals surface area (Å²) in [6.07, 6.45) is -1.69. The zero-order valence-electron chi connectivity index (χ0n) is 17.6. The number of nitrogens with two attached hydrogens (primary N) is 1. The van der Waals surface area contributed by atoms with Crippen LogP contribution in [0.2, 0.25) is 0 Å². The number of benzene rings is 1. The number of Topliss-reactive ketones (excluding diaryl/α,β-unsaturated/α-hetero) is 2. The number of hydrogen-bond acceptors (Lipinski definition) is 9. The van der Waals surface area contributed by atoms with Crippen LogP contribution in [0.1, 0.15) is 11.1 Å². The highest BCUT2D eigenvalue weighted by atomic mass is 35.5. The van der Waals surface area contributed by atoms with Crippen molar-refractivity contribution in [3.8, 4) is 5.75 Å². The number of phenols is 1. The minimum absolute atomic E-state index is 0. The third kappa shape index (κ3) is 2.88. The Kier molecular flexibility index (Phi) is 5.71. The molecule has 0 spiro atoms. The summed E-state index contributed by atoms with van der Waals surface area (Å²) in [6, 6.07) is 2.89. The fraction of sp³-hybridized carbons (Fsp3) is 0.318. The van der Waals surface area contributed by atoms with E-state index in [1.807, 2.05) is 0 Å². The van der Waals surface area contributed by atoms with Gasteiger partial charge in [0.05, 0.1) is 29.2 Å². The zero-order chi connectivity index (χ0) is 23.9. The number of fused-ring (bicyclic) bond motifs is 3. The van der Waals surface area contributed by atoms with Gasteiger partial charge in [0.25, 0.3) is 5.91 Å². The Morgan fingerprint density at radius 3 is 2.33 bits per heavy atom. The Bertz CT molecular complexity index is 1190. The van der Waals surface area contributed by atoms with Gasteiger partial charge >= 0.3 is 0 Å². The minimum Gasteiger partial charge on any atom is -0.508 e. The molecule has 5 atom stereocenters. The quantitative estimate of drug-likeness (QED) is 0.314. The number of phenolic OH excluding ortho intramolecular Hbond substituents is 1. The summed E-state index contributed by atoms with van der Waals surface area (Å²) in [7, 11) is 2.88. The molecule has 1 amide bonds. The number of carbonyl (C=O) groups excluding carboxylic acids is 3. The molecule has 0 bridgehead atoms. The van der Waals surface area contributed by atoms with Crippen molar-refractivity contribution >= 4 is 41.2 Å². The van der Waals surface area contributed by atoms with Crippen LogP contribution in [0, 0.1) is 11.8 Å². The van der Waals surface area contributed by atoms with Gasteiger partial charge in [-0.3, -0.25) is 19.3 Å². The van der Waals surface area contributed by atoms with Gasteiger partial charge in [0.1, 0.15) is 22.8 Å². The van der Waals surface area contributed by atoms with E-state index in [0.717, 1.165) is 0 Å². The number of aliphatic hydroxyl groups is 4. The summed E-state index contributed by atoms with van der Waals surface area (Å²) in [6.45, 7) is 3.91. The number of likely N-dealkylation sites (N-methyl/N-ethyl adjacent to an activating group) is 1. The first-order valence-electron chi connectivity index (χ1n) is 9.71. The lowest BCUT2D eigenvalue weighted by Gasteiger charge is -2.52. The average Bonchev–Trinajstić information content (AvgIpc) is 2.70. The van der Waals surface area contributed by atoms with Crippen molar-refractivity contribution in [3.05, 3.63) is 52.8 Å². The molecule has 0 radical (unpaired) electrons. The second kappa shape index (κ2) is 7.70. The zero-order valence-corrected chi connectivity index (χ0v) is 18.5. The Hall–Kier alpha value is -3.18. The highest BCUT2D eigenvalue weighted by molar-refractivity contribution is 6.25. The molecule has 3 aliphatic carbocycles. The first kappa shape index (κ1) is 24.5. The monoisotopic (exact) mass is 478 g/mol. The molecule has 4 rings (SSSR count). The predicted molar refractivity (Wildman–Crippen MR) is 118 cm³/mol. The molecular formula is C22H23ClN2O8. The van der Waals surface area contributed by atoms with Crippen molar-refractivity contribution < 1.29 is 39.9 Å². The molecule has 0 heterocycles. The van der Waals surface area contributed by atoms with Crippen LogP contribution in [-0.2, 0) is 14.4 Å². The van der Waals surface area contributed by atoms with E-state index < -0.39 is 69.7 Å². The predicted octanol–water partition coefficient (Wildman–Crippen LogP) is -0.173. The molecule has 1 fully saturated rings. The van der Waals surface area contributed by atoms with Gasteiger partial charge in [0, 0.05) is 5.92 Å². The number of rotatable bonds is 2. The molecule has 1 aromatic carbocycles. The molecule has 0 unspecified atom stereocenters. The summed E-state index contributed by atoms with van der Waals surface area (Å²) in [4.78, 5) is 39.8. The summed E-state index contributed by atoms with van der Waals surface area (Å²) >= 11 is 0. The maximum absolute atomic E-state index is 13.6. The number of aromatic hydroxyl groups is 1. The summed E-state index contributed by atoms with van der Waals surface area (Å²) in [5, 5.41) is 54.7. The van der Waals surface area contributed by atoms with Crippen LogP contribution >= 0.6 is 12.4 Å². The Labute approximate surface area is 194 Å². The van der Waals surface area contributed by atoms with E-state index in [4.69, 9.17) is 5.73 Å². The molecular weight excluding hydrogens is 456 g/mol. The standard InChI is InChI=1S/C22H22N2O8.ClH/c1-7-8-5-4-6-9(25)11(8)16(26)12-10(7)17(27)14-15(24(2)3)18(28)13(21(23)31)20(30)22(14,32)19(12)29;/h4-6,10,14-15,17,25-27,30,32H,1H2,2-3H3,(H2,23,31);1H/t10-,14-,15-,17-,22+;/m1./s1. The number of aliphatic hydroxyl groups excluding tert-OH is 3. The van der Waals surface area contributed by atoms with Gasteiger partial charge in [-0.25, -0.2) is 0 Å². The number of nitrogens with zero attached hydrogens (tertiary/aromatic N) is 1. The van der Waals surface area contributed by atoms with E-state index in [0.29, 0.717) is 0 Å². The highest BCUT2D eigenvalue weighted by Crippen LogP contribution is 2.55. The van der Waals surface area contributed by atoms with Gasteiger partial charge < -0.3 is 31.3 Å². The number of halogens is 1. The van der Waals surface area contributed by atoms with Crippen molar-refractivity contribution in [1.82, 2.24) is 4.90 Å². The molecule has 7 N–H and O–H groups in total. The summed E-state index contributed by atoms with van der Waals surface area (Å²) < 4.78 is 0. The third-order valence-electron chi connectivity index (χ3n) is 6.61. The van der Waals surface area contributed by atoms with Crippen LogP contribution in [0.4, 0.5) is 0 Å². The second-order valence-corrected chi connectivity index (χ2v) is 8.44. The average molecular weight is 479 g/mol. The molecule has 176 valence electrons. The maximum Gasteiger partial charge on any atom is 0.255 e. The number of amides is 1. The van der Waals surface area contributed by atoms with E-state index in [-0.39, 0.29) is 34.9 Å². The molecule has 0 aromatic heterocycles. The molecule has 0 saturated heterocycles. The molecule has 1 aromatic rings. The van der Waals surface area contributed by atoms with Crippen LogP contribution in [0.15, 0.2) is 41.7 Å². The Balaban J connectivity index is 0.00000306. The Morgan fingerprint density at radius 2 is 1.79 bits per heavy atom. The van der Waals surface area contributed by atoms with Gasteiger partial charge in [-0.1, -0.05) is 18.7 Å². The molecule has 33 heavy (non-hydrogen) atoms. The van der Waals surface area contributed by atoms with Gasteiger partial charge in [0.15, 0.2) is 11.4 Å². The van der Waals surface area contributed by atoms with Crippen molar-refractivity contribution in [2.75, 3.05) is 14.1 Å². The largest absolute Gasteiger partial charge is 0.508 e. The van der Waals surface area contributed by atoms with Crippen LogP contribution in [0.3, 0.4) is 0 Å². The maximum atomic E-state index is 13.6. The molecule has 11 heteroatoms. The van der Waals surface area contributed by atoms with E-state index in [1.54, 1.807) is 0 Å². The topological polar surface area (TPSA) is 182 Å². The van der Waals surface area contributed by atoms with E-state index in [9.17, 15) is 39.9 Å². The molecule has 3 aliphatic rings. The molecule has 10 nitrogen and oxygen atoms in total. The Morgan fingerprint density at radius 1 is 1.18 bits per heavy atom. The fourth-order valence-electron chi connectivity index (χ4n) is 5.21. The number of primary amides is 1. The van der Waals surface area contributed by atoms with Gasteiger partial charge in [-0.05, 0) is 31.3 Å². The van der Waals surface area contributed by atoms with E-state index >= 15 is 0 Å². The van der Waals surface area contributed by atoms with Crippen molar-refractivity contribution in [1.29, 1.82) is 0 Å². The molecule has 1 saturated carbocycles. The lowest BCUT2D eigenvalue weighted by atomic mass is 9.55. The fourth-order valence-corrected chi connectivity index (χ4v) is 5.21. The summed E-state index contributed by atoms with van der Waals surface area (Å²) in [5.74, 6) is -8.78. The van der Waals surface area contributed by atoms with Crippen LogP contribution in [-0.4, -0.2) is 79.7 Å². The smallest absolute Gasteiger partial charge is 0.255 e. The first-order chi connectivity index (χ1) is 14.9. The van der Waals surface area contributed by atoms with Gasteiger partial charge in [-0.2, -0.15) is 0 Å². The van der Waals surface area contributed by atoms with Crippen molar-refractivity contribution in [2.45, 2.75) is 17.7 Å². The normalized spacial score (nSPS) is 31.1. The number of carbonyl (C=O) groups is 3. The minimum atomic E-state index is -2.94. The van der Waals surface area contributed by atoms with E-state index in [2.05, 4.69) is 6.58 Å². The van der Waals surface area contributed by atoms with Crippen LogP contribution < -0.4 is 5.73 Å². The number of hydrogen-bond donors (Lipinski definition) is 6. The lowest BCUT2D eigenvalue weighted by molar-refractivity contribution is -0.166. The van der Waals surface area contributed by atoms with E-state index in [1.165, 1.54) is 37.2 Å².